The average molecular weight is 317 g/mol. The number of unbranched alkanes of at least 4 members (excludes halogenated alkanes) is 2. The molecule has 0 saturated heterocycles. The largest absolute Gasteiger partial charge is 0.491 e. The predicted molar refractivity (Wildman–Crippen MR) is 97.6 cm³/mol. The van der Waals surface area contributed by atoms with Crippen LogP contribution in [0, 0.1) is 0 Å². The molecule has 1 rings (SSSR count). The Morgan fingerprint density at radius 1 is 1.17 bits per heavy atom. The molecule has 0 aliphatic rings. The zero-order chi connectivity index (χ0) is 17.1. The van der Waals surface area contributed by atoms with Gasteiger partial charge in [-0.05, 0) is 50.5 Å². The van der Waals surface area contributed by atoms with Gasteiger partial charge in [0.2, 0.25) is 5.91 Å². The molecule has 1 amide bonds. The van der Waals surface area contributed by atoms with Gasteiger partial charge in [-0.2, -0.15) is 0 Å². The predicted octanol–water partition coefficient (Wildman–Crippen LogP) is 4.92. The minimum absolute atomic E-state index is 0.0991. The van der Waals surface area contributed by atoms with Crippen LogP contribution in [-0.2, 0) is 4.79 Å². The van der Waals surface area contributed by atoms with Crippen molar-refractivity contribution in [1.29, 1.82) is 0 Å². The molecule has 3 heteroatoms. The van der Waals surface area contributed by atoms with Gasteiger partial charge in [-0.15, -0.1) is 0 Å². The van der Waals surface area contributed by atoms with Gasteiger partial charge in [0.05, 0.1) is 6.10 Å². The average Bonchev–Trinajstić information content (AvgIpc) is 2.52. The number of ether oxygens (including phenoxy) is 1. The van der Waals surface area contributed by atoms with E-state index in [0.717, 1.165) is 50.1 Å². The molecular formula is C20H31NO2. The van der Waals surface area contributed by atoms with E-state index in [-0.39, 0.29) is 12.0 Å². The van der Waals surface area contributed by atoms with Gasteiger partial charge >= 0.3 is 0 Å². The van der Waals surface area contributed by atoms with Crippen LogP contribution >= 0.6 is 0 Å². The summed E-state index contributed by atoms with van der Waals surface area (Å²) in [4.78, 5) is 14.4. The van der Waals surface area contributed by atoms with Crippen molar-refractivity contribution in [3.8, 4) is 5.75 Å². The maximum Gasteiger partial charge on any atom is 0.246 e. The first-order valence-corrected chi connectivity index (χ1v) is 8.80. The monoisotopic (exact) mass is 317 g/mol. The fourth-order valence-electron chi connectivity index (χ4n) is 2.27. The Morgan fingerprint density at radius 3 is 2.39 bits per heavy atom. The Kier molecular flexibility index (Phi) is 9.11. The lowest BCUT2D eigenvalue weighted by molar-refractivity contribution is -0.126. The van der Waals surface area contributed by atoms with Crippen LogP contribution in [0.1, 0.15) is 58.9 Å². The molecule has 0 aliphatic carbocycles. The summed E-state index contributed by atoms with van der Waals surface area (Å²) in [6, 6.07) is 7.84. The molecule has 0 radical (unpaired) electrons. The third-order valence-electron chi connectivity index (χ3n) is 3.52. The standard InChI is InChI=1S/C20H31NO2/c1-5-7-14-21(15-8-6-2)20(22)13-12-18-10-9-11-19(16-18)23-17(3)4/h9-13,16-17H,5-8,14-15H2,1-4H3/b13-12+. The number of rotatable bonds is 10. The highest BCUT2D eigenvalue weighted by molar-refractivity contribution is 5.91. The highest BCUT2D eigenvalue weighted by Crippen LogP contribution is 2.16. The van der Waals surface area contributed by atoms with Crippen molar-refractivity contribution in [2.45, 2.75) is 59.5 Å². The maximum atomic E-state index is 12.4. The molecule has 0 unspecified atom stereocenters. The fourth-order valence-corrected chi connectivity index (χ4v) is 2.27. The molecule has 0 atom stereocenters. The van der Waals surface area contributed by atoms with Gasteiger partial charge in [-0.25, -0.2) is 0 Å². The second-order valence-electron chi connectivity index (χ2n) is 6.10. The van der Waals surface area contributed by atoms with E-state index in [9.17, 15) is 4.79 Å². The number of hydrogen-bond donors (Lipinski definition) is 0. The molecule has 0 fully saturated rings. The van der Waals surface area contributed by atoms with Gasteiger partial charge < -0.3 is 9.64 Å². The Balaban J connectivity index is 2.70. The van der Waals surface area contributed by atoms with Crippen LogP contribution in [-0.4, -0.2) is 30.0 Å². The second kappa shape index (κ2) is 10.9. The van der Waals surface area contributed by atoms with Crippen LogP contribution in [0.15, 0.2) is 30.3 Å². The van der Waals surface area contributed by atoms with Crippen LogP contribution in [0.3, 0.4) is 0 Å². The van der Waals surface area contributed by atoms with Crippen molar-refractivity contribution in [2.75, 3.05) is 13.1 Å². The fraction of sp³-hybridized carbons (Fsp3) is 0.550. The van der Waals surface area contributed by atoms with Gasteiger partial charge in [-0.1, -0.05) is 38.8 Å². The first-order valence-electron chi connectivity index (χ1n) is 8.80. The highest BCUT2D eigenvalue weighted by Gasteiger charge is 2.09. The molecule has 0 N–H and O–H groups in total. The van der Waals surface area contributed by atoms with Crippen LogP contribution in [0.4, 0.5) is 0 Å². The second-order valence-corrected chi connectivity index (χ2v) is 6.10. The summed E-state index contributed by atoms with van der Waals surface area (Å²) in [6.45, 7) is 10.0. The molecule has 0 aromatic heterocycles. The summed E-state index contributed by atoms with van der Waals surface area (Å²) in [6.07, 6.45) is 8.03. The lowest BCUT2D eigenvalue weighted by Crippen LogP contribution is -2.31. The molecule has 23 heavy (non-hydrogen) atoms. The molecule has 0 aliphatic heterocycles. The summed E-state index contributed by atoms with van der Waals surface area (Å²) in [5.41, 5.74) is 0.988. The molecule has 1 aromatic rings. The van der Waals surface area contributed by atoms with Crippen LogP contribution in [0.25, 0.3) is 6.08 Å². The number of amides is 1. The first-order chi connectivity index (χ1) is 11.1. The highest BCUT2D eigenvalue weighted by atomic mass is 16.5. The quantitative estimate of drug-likeness (QED) is 0.573. The number of nitrogens with zero attached hydrogens (tertiary/aromatic N) is 1. The van der Waals surface area contributed by atoms with E-state index in [4.69, 9.17) is 4.74 Å². The van der Waals surface area contributed by atoms with Gasteiger partial charge in [-0.3, -0.25) is 4.79 Å². The Morgan fingerprint density at radius 2 is 1.83 bits per heavy atom. The van der Waals surface area contributed by atoms with E-state index in [1.807, 2.05) is 49.1 Å². The lowest BCUT2D eigenvalue weighted by Gasteiger charge is -2.20. The first kappa shape index (κ1) is 19.3. The van der Waals surface area contributed by atoms with Crippen LogP contribution in [0.2, 0.25) is 0 Å². The van der Waals surface area contributed by atoms with E-state index in [1.165, 1.54) is 0 Å². The zero-order valence-electron chi connectivity index (χ0n) is 15.0. The minimum Gasteiger partial charge on any atom is -0.491 e. The molecule has 0 spiro atoms. The molecule has 128 valence electrons. The lowest BCUT2D eigenvalue weighted by atomic mass is 10.2. The normalized spacial score (nSPS) is 11.2. The van der Waals surface area contributed by atoms with Crippen molar-refractivity contribution in [3.05, 3.63) is 35.9 Å². The van der Waals surface area contributed by atoms with Crippen LogP contribution in [0.5, 0.6) is 5.75 Å². The third kappa shape index (κ3) is 7.87. The number of benzene rings is 1. The third-order valence-corrected chi connectivity index (χ3v) is 3.52. The van der Waals surface area contributed by atoms with Crippen molar-refractivity contribution >= 4 is 12.0 Å². The number of carbonyl (C=O) groups excluding carboxylic acids is 1. The van der Waals surface area contributed by atoms with Gasteiger partial charge in [0.25, 0.3) is 0 Å². The topological polar surface area (TPSA) is 29.5 Å². The molecule has 0 heterocycles. The number of carbonyl (C=O) groups is 1. The van der Waals surface area contributed by atoms with E-state index >= 15 is 0 Å². The summed E-state index contributed by atoms with van der Waals surface area (Å²) in [5, 5.41) is 0. The Hall–Kier alpha value is -1.77. The van der Waals surface area contributed by atoms with Crippen molar-refractivity contribution in [1.82, 2.24) is 4.90 Å². The van der Waals surface area contributed by atoms with E-state index in [0.29, 0.717) is 0 Å². The van der Waals surface area contributed by atoms with Crippen molar-refractivity contribution < 1.29 is 9.53 Å². The molecular weight excluding hydrogens is 286 g/mol. The summed E-state index contributed by atoms with van der Waals surface area (Å²) in [5.74, 6) is 0.936. The molecule has 1 aromatic carbocycles. The van der Waals surface area contributed by atoms with Gasteiger partial charge in [0, 0.05) is 19.2 Å². The van der Waals surface area contributed by atoms with E-state index in [1.54, 1.807) is 6.08 Å². The molecule has 3 nitrogen and oxygen atoms in total. The summed E-state index contributed by atoms with van der Waals surface area (Å²) in [7, 11) is 0. The molecule has 0 bridgehead atoms. The minimum atomic E-state index is 0.0991. The van der Waals surface area contributed by atoms with Gasteiger partial charge in [0.15, 0.2) is 0 Å². The summed E-state index contributed by atoms with van der Waals surface area (Å²) >= 11 is 0. The van der Waals surface area contributed by atoms with E-state index in [2.05, 4.69) is 13.8 Å². The van der Waals surface area contributed by atoms with E-state index < -0.39 is 0 Å². The molecule has 0 saturated carbocycles. The van der Waals surface area contributed by atoms with Crippen LogP contribution < -0.4 is 4.74 Å². The Bertz CT molecular complexity index is 486. The zero-order valence-corrected chi connectivity index (χ0v) is 15.0. The number of hydrogen-bond acceptors (Lipinski definition) is 2. The smallest absolute Gasteiger partial charge is 0.246 e. The van der Waals surface area contributed by atoms with Gasteiger partial charge in [0.1, 0.15) is 5.75 Å². The van der Waals surface area contributed by atoms with Crippen molar-refractivity contribution in [2.24, 2.45) is 0 Å². The maximum absolute atomic E-state index is 12.4. The summed E-state index contributed by atoms with van der Waals surface area (Å²) < 4.78 is 5.69. The Labute approximate surface area is 141 Å². The van der Waals surface area contributed by atoms with Crippen molar-refractivity contribution in [3.63, 3.8) is 0 Å². The SMILES string of the molecule is CCCCN(CCCC)C(=O)/C=C/c1cccc(OC(C)C)c1.